The summed E-state index contributed by atoms with van der Waals surface area (Å²) in [6.07, 6.45) is 1.39. The lowest BCUT2D eigenvalue weighted by Crippen LogP contribution is -2.26. The number of hydrogen-bond acceptors (Lipinski definition) is 8. The van der Waals surface area contributed by atoms with E-state index in [1.165, 1.54) is 24.0 Å². The molecule has 0 radical (unpaired) electrons. The van der Waals surface area contributed by atoms with Crippen molar-refractivity contribution in [3.8, 4) is 0 Å². The number of nitrogens with one attached hydrogen (secondary N) is 1. The molecule has 0 bridgehead atoms. The molecule has 0 aliphatic rings. The number of thioether (sulfide) groups is 1. The van der Waals surface area contributed by atoms with Crippen LogP contribution < -0.4 is 5.43 Å². The summed E-state index contributed by atoms with van der Waals surface area (Å²) in [5.41, 5.74) is 3.36. The van der Waals surface area contributed by atoms with E-state index in [-0.39, 0.29) is 16.2 Å². The van der Waals surface area contributed by atoms with Gasteiger partial charge in [0.15, 0.2) is 4.34 Å². The minimum absolute atomic E-state index is 0.0348. The molecule has 7 nitrogen and oxygen atoms in total. The predicted molar refractivity (Wildman–Crippen MR) is 102 cm³/mol. The van der Waals surface area contributed by atoms with Crippen LogP contribution in [0.25, 0.3) is 10.2 Å². The molecule has 3 rings (SSSR count). The van der Waals surface area contributed by atoms with E-state index in [0.717, 1.165) is 25.9 Å². The number of benzene rings is 1. The van der Waals surface area contributed by atoms with E-state index in [4.69, 9.17) is 0 Å². The van der Waals surface area contributed by atoms with Crippen LogP contribution in [0.1, 0.15) is 11.8 Å². The summed E-state index contributed by atoms with van der Waals surface area (Å²) in [7, 11) is 0. The van der Waals surface area contributed by atoms with Crippen LogP contribution in [0.2, 0.25) is 0 Å². The van der Waals surface area contributed by atoms with E-state index >= 15 is 0 Å². The zero-order valence-corrected chi connectivity index (χ0v) is 15.4. The third-order valence-corrected chi connectivity index (χ3v) is 6.28. The number of aromatic nitrogens is 1. The molecule has 25 heavy (non-hydrogen) atoms. The molecule has 1 amide bonds. The van der Waals surface area contributed by atoms with Gasteiger partial charge in [-0.2, -0.15) is 5.10 Å². The van der Waals surface area contributed by atoms with Crippen molar-refractivity contribution in [3.63, 3.8) is 0 Å². The van der Waals surface area contributed by atoms with Crippen LogP contribution in [0.15, 0.2) is 45.8 Å². The SMILES string of the molecule is CC(Sc1nc2ccccc2s1)C(=O)N/N=C/c1ccc([N+](=O)[O-])s1. The fraction of sp³-hybridized carbons (Fsp3) is 0.133. The molecule has 0 aliphatic heterocycles. The summed E-state index contributed by atoms with van der Waals surface area (Å²) in [6.45, 7) is 1.78. The van der Waals surface area contributed by atoms with Crippen LogP contribution in [0.3, 0.4) is 0 Å². The lowest BCUT2D eigenvalue weighted by Gasteiger charge is -2.06. The van der Waals surface area contributed by atoms with E-state index in [9.17, 15) is 14.9 Å². The maximum Gasteiger partial charge on any atom is 0.324 e. The number of thiazole rings is 1. The van der Waals surface area contributed by atoms with Crippen molar-refractivity contribution in [2.45, 2.75) is 16.5 Å². The average Bonchev–Trinajstić information content (AvgIpc) is 3.20. The Kier molecular flexibility index (Phi) is 5.41. The van der Waals surface area contributed by atoms with Crippen molar-refractivity contribution in [1.82, 2.24) is 10.4 Å². The first-order valence-electron chi connectivity index (χ1n) is 7.12. The summed E-state index contributed by atoms with van der Waals surface area (Å²) in [4.78, 5) is 27.3. The number of hydrazone groups is 1. The van der Waals surface area contributed by atoms with Crippen molar-refractivity contribution in [3.05, 3.63) is 51.4 Å². The first kappa shape index (κ1) is 17.5. The number of amides is 1. The molecule has 0 fully saturated rings. The van der Waals surface area contributed by atoms with Crippen molar-refractivity contribution in [2.24, 2.45) is 5.10 Å². The highest BCUT2D eigenvalue weighted by atomic mass is 32.2. The van der Waals surface area contributed by atoms with Gasteiger partial charge in [-0.15, -0.1) is 11.3 Å². The smallest absolute Gasteiger partial charge is 0.272 e. The molecule has 0 aliphatic carbocycles. The van der Waals surface area contributed by atoms with Gasteiger partial charge in [-0.3, -0.25) is 14.9 Å². The predicted octanol–water partition coefficient (Wildman–Crippen LogP) is 3.90. The molecule has 1 aromatic carbocycles. The standard InChI is InChI=1S/C15H12N4O3S3/c1-9(23-15-17-11-4-2-3-5-12(11)25-15)14(20)18-16-8-10-6-7-13(24-10)19(21)22/h2-9H,1H3,(H,18,20)/b16-8+. The van der Waals surface area contributed by atoms with Crippen molar-refractivity contribution >= 4 is 61.8 Å². The average molecular weight is 392 g/mol. The van der Waals surface area contributed by atoms with Gasteiger partial charge in [0.05, 0.1) is 31.5 Å². The normalized spacial score (nSPS) is 12.5. The third kappa shape index (κ3) is 4.41. The highest BCUT2D eigenvalue weighted by Gasteiger charge is 2.16. The van der Waals surface area contributed by atoms with E-state index in [1.54, 1.807) is 24.3 Å². The maximum atomic E-state index is 12.1. The second-order valence-electron chi connectivity index (χ2n) is 4.87. The first-order chi connectivity index (χ1) is 12.0. The number of rotatable bonds is 6. The highest BCUT2D eigenvalue weighted by molar-refractivity contribution is 8.02. The van der Waals surface area contributed by atoms with Gasteiger partial charge in [0.25, 0.3) is 5.91 Å². The Balaban J connectivity index is 1.56. The Morgan fingerprint density at radius 2 is 2.16 bits per heavy atom. The number of thiophene rings is 1. The van der Waals surface area contributed by atoms with Gasteiger partial charge >= 0.3 is 5.00 Å². The van der Waals surface area contributed by atoms with Gasteiger partial charge in [0.1, 0.15) is 0 Å². The van der Waals surface area contributed by atoms with Gasteiger partial charge in [0.2, 0.25) is 0 Å². The lowest BCUT2D eigenvalue weighted by atomic mass is 10.3. The summed E-state index contributed by atoms with van der Waals surface area (Å²) in [6, 6.07) is 10.8. The fourth-order valence-electron chi connectivity index (χ4n) is 1.87. The molecule has 0 saturated carbocycles. The second kappa shape index (κ2) is 7.72. The Morgan fingerprint density at radius 3 is 2.88 bits per heavy atom. The van der Waals surface area contributed by atoms with E-state index in [1.807, 2.05) is 24.3 Å². The van der Waals surface area contributed by atoms with E-state index in [2.05, 4.69) is 15.5 Å². The number of carbonyl (C=O) groups is 1. The fourth-order valence-corrected chi connectivity index (χ4v) is 4.76. The summed E-state index contributed by atoms with van der Waals surface area (Å²) in [5.74, 6) is -0.258. The van der Waals surface area contributed by atoms with Gasteiger partial charge < -0.3 is 0 Å². The quantitative estimate of drug-likeness (QED) is 0.297. The zero-order valence-electron chi connectivity index (χ0n) is 12.9. The largest absolute Gasteiger partial charge is 0.324 e. The first-order valence-corrected chi connectivity index (χ1v) is 9.63. The minimum atomic E-state index is -0.461. The van der Waals surface area contributed by atoms with Crippen molar-refractivity contribution in [1.29, 1.82) is 0 Å². The Bertz CT molecular complexity index is 917. The number of carbonyl (C=O) groups excluding carboxylic acids is 1. The Morgan fingerprint density at radius 1 is 1.36 bits per heavy atom. The molecular formula is C15H12N4O3S3. The third-order valence-electron chi connectivity index (χ3n) is 3.08. The lowest BCUT2D eigenvalue weighted by molar-refractivity contribution is -0.380. The minimum Gasteiger partial charge on any atom is -0.272 e. The Hall–Kier alpha value is -2.30. The maximum absolute atomic E-state index is 12.1. The van der Waals surface area contributed by atoms with Gasteiger partial charge in [-0.25, -0.2) is 10.4 Å². The molecule has 3 aromatic rings. The molecule has 1 atom stereocenters. The number of fused-ring (bicyclic) bond motifs is 1. The second-order valence-corrected chi connectivity index (χ2v) is 8.59. The van der Waals surface area contributed by atoms with Crippen LogP contribution in [0, 0.1) is 10.1 Å². The molecule has 10 heteroatoms. The topological polar surface area (TPSA) is 97.5 Å². The van der Waals surface area contributed by atoms with E-state index in [0.29, 0.717) is 4.88 Å². The Labute approximate surface area is 154 Å². The molecule has 0 saturated heterocycles. The number of nitrogens with zero attached hydrogens (tertiary/aromatic N) is 3. The molecule has 2 aromatic heterocycles. The van der Waals surface area contributed by atoms with Crippen LogP contribution in [-0.4, -0.2) is 27.3 Å². The molecule has 128 valence electrons. The van der Waals surface area contributed by atoms with Crippen LogP contribution in [0.5, 0.6) is 0 Å². The zero-order chi connectivity index (χ0) is 17.8. The van der Waals surface area contributed by atoms with Crippen molar-refractivity contribution < 1.29 is 9.72 Å². The highest BCUT2D eigenvalue weighted by Crippen LogP contribution is 2.31. The number of para-hydroxylation sites is 1. The summed E-state index contributed by atoms with van der Waals surface area (Å²) < 4.78 is 1.90. The number of hydrogen-bond donors (Lipinski definition) is 1. The van der Waals surface area contributed by atoms with Crippen LogP contribution in [0.4, 0.5) is 5.00 Å². The molecule has 2 heterocycles. The monoisotopic (exact) mass is 392 g/mol. The molecule has 1 unspecified atom stereocenters. The number of nitro groups is 1. The van der Waals surface area contributed by atoms with E-state index < -0.39 is 4.92 Å². The van der Waals surface area contributed by atoms with Gasteiger partial charge in [-0.05, 0) is 25.1 Å². The van der Waals surface area contributed by atoms with Crippen LogP contribution >= 0.6 is 34.4 Å². The summed E-state index contributed by atoms with van der Waals surface area (Å²) in [5, 5.41) is 14.1. The van der Waals surface area contributed by atoms with Crippen LogP contribution in [-0.2, 0) is 4.79 Å². The van der Waals surface area contributed by atoms with Crippen molar-refractivity contribution in [2.75, 3.05) is 0 Å². The molecular weight excluding hydrogens is 380 g/mol. The molecule has 1 N–H and O–H groups in total. The summed E-state index contributed by atoms with van der Waals surface area (Å²) >= 11 is 3.90. The van der Waals surface area contributed by atoms with Gasteiger partial charge in [-0.1, -0.05) is 35.2 Å². The molecule has 0 spiro atoms. The van der Waals surface area contributed by atoms with Gasteiger partial charge in [0, 0.05) is 6.07 Å².